The standard InChI is InChI=1S/C16H28N4O2.2ClH/c1-13(11-20-9-8-18-14(20)2)10-19-15(21)16(12-22-3)4-6-17-7-5-16;;/h8-9,13,17H,4-7,10-12H2,1-3H3,(H,19,21);2*1H. The number of aromatic nitrogens is 2. The van der Waals surface area contributed by atoms with Gasteiger partial charge in [0.1, 0.15) is 5.82 Å². The summed E-state index contributed by atoms with van der Waals surface area (Å²) in [4.78, 5) is 16.9. The molecule has 0 spiro atoms. The summed E-state index contributed by atoms with van der Waals surface area (Å²) in [6.07, 6.45) is 5.46. The maximum Gasteiger partial charge on any atom is 0.228 e. The van der Waals surface area contributed by atoms with Crippen molar-refractivity contribution in [1.29, 1.82) is 0 Å². The largest absolute Gasteiger partial charge is 0.384 e. The molecule has 0 radical (unpaired) electrons. The number of carbonyl (C=O) groups is 1. The molecule has 2 rings (SSSR count). The fourth-order valence-electron chi connectivity index (χ4n) is 3.07. The molecule has 8 heteroatoms. The van der Waals surface area contributed by atoms with Crippen molar-refractivity contribution in [3.63, 3.8) is 0 Å². The minimum absolute atomic E-state index is 0. The molecule has 1 unspecified atom stereocenters. The molecule has 1 aromatic heterocycles. The van der Waals surface area contributed by atoms with Crippen LogP contribution in [0.1, 0.15) is 25.6 Å². The lowest BCUT2D eigenvalue weighted by atomic mass is 9.78. The van der Waals surface area contributed by atoms with Crippen molar-refractivity contribution in [2.75, 3.05) is 33.4 Å². The number of methoxy groups -OCH3 is 1. The minimum Gasteiger partial charge on any atom is -0.384 e. The second-order valence-corrected chi connectivity index (χ2v) is 6.41. The van der Waals surface area contributed by atoms with E-state index in [2.05, 4.69) is 27.1 Å². The number of nitrogens with zero attached hydrogens (tertiary/aromatic N) is 2. The van der Waals surface area contributed by atoms with Crippen LogP contribution in [0.3, 0.4) is 0 Å². The summed E-state index contributed by atoms with van der Waals surface area (Å²) in [5.41, 5.74) is -0.370. The quantitative estimate of drug-likeness (QED) is 0.756. The van der Waals surface area contributed by atoms with Crippen LogP contribution in [-0.4, -0.2) is 48.8 Å². The van der Waals surface area contributed by atoms with Gasteiger partial charge in [0.2, 0.25) is 5.91 Å². The fourth-order valence-corrected chi connectivity index (χ4v) is 3.07. The highest BCUT2D eigenvalue weighted by Crippen LogP contribution is 2.29. The minimum atomic E-state index is -0.370. The van der Waals surface area contributed by atoms with Crippen LogP contribution in [0.4, 0.5) is 0 Å². The normalized spacial score (nSPS) is 17.3. The Morgan fingerprint density at radius 2 is 2.12 bits per heavy atom. The van der Waals surface area contributed by atoms with Crippen molar-refractivity contribution >= 4 is 30.7 Å². The molecular weight excluding hydrogens is 351 g/mol. The number of piperidine rings is 1. The van der Waals surface area contributed by atoms with Gasteiger partial charge in [-0.2, -0.15) is 0 Å². The van der Waals surface area contributed by atoms with E-state index in [1.807, 2.05) is 19.3 Å². The summed E-state index contributed by atoms with van der Waals surface area (Å²) in [7, 11) is 1.67. The van der Waals surface area contributed by atoms with Crippen LogP contribution >= 0.6 is 24.8 Å². The van der Waals surface area contributed by atoms with Crippen molar-refractivity contribution in [3.05, 3.63) is 18.2 Å². The molecule has 2 N–H and O–H groups in total. The summed E-state index contributed by atoms with van der Waals surface area (Å²) in [5.74, 6) is 1.50. The monoisotopic (exact) mass is 380 g/mol. The molecule has 1 aromatic rings. The smallest absolute Gasteiger partial charge is 0.228 e. The highest BCUT2D eigenvalue weighted by Gasteiger charge is 2.39. The Labute approximate surface area is 156 Å². The van der Waals surface area contributed by atoms with Crippen molar-refractivity contribution in [1.82, 2.24) is 20.2 Å². The Morgan fingerprint density at radius 1 is 1.46 bits per heavy atom. The average molecular weight is 381 g/mol. The molecule has 1 aliphatic rings. The summed E-state index contributed by atoms with van der Waals surface area (Å²) in [6, 6.07) is 0. The van der Waals surface area contributed by atoms with E-state index in [0.29, 0.717) is 19.1 Å². The van der Waals surface area contributed by atoms with Gasteiger partial charge in [0.25, 0.3) is 0 Å². The first-order valence-electron chi connectivity index (χ1n) is 8.03. The molecule has 0 aromatic carbocycles. The lowest BCUT2D eigenvalue weighted by molar-refractivity contribution is -0.136. The van der Waals surface area contributed by atoms with Crippen molar-refractivity contribution in [3.8, 4) is 0 Å². The topological polar surface area (TPSA) is 68.2 Å². The van der Waals surface area contributed by atoms with Gasteiger partial charge in [-0.1, -0.05) is 6.92 Å². The molecule has 0 saturated carbocycles. The number of hydrogen-bond donors (Lipinski definition) is 2. The molecule has 24 heavy (non-hydrogen) atoms. The molecule has 0 aliphatic carbocycles. The first-order valence-corrected chi connectivity index (χ1v) is 8.03. The van der Waals surface area contributed by atoms with Crippen LogP contribution in [0, 0.1) is 18.3 Å². The third-order valence-corrected chi connectivity index (χ3v) is 4.51. The van der Waals surface area contributed by atoms with Crippen molar-refractivity contribution in [2.24, 2.45) is 11.3 Å². The Balaban J connectivity index is 0.00000264. The van der Waals surface area contributed by atoms with E-state index in [-0.39, 0.29) is 36.1 Å². The number of amides is 1. The Kier molecular flexibility index (Phi) is 10.6. The summed E-state index contributed by atoms with van der Waals surface area (Å²) in [5, 5.41) is 6.44. The molecule has 2 heterocycles. The molecule has 6 nitrogen and oxygen atoms in total. The third-order valence-electron chi connectivity index (χ3n) is 4.51. The number of carbonyl (C=O) groups excluding carboxylic acids is 1. The van der Waals surface area contributed by atoms with Crippen LogP contribution in [0.15, 0.2) is 12.4 Å². The highest BCUT2D eigenvalue weighted by molar-refractivity contribution is 5.85. The summed E-state index contributed by atoms with van der Waals surface area (Å²) in [6.45, 7) is 7.93. The number of ether oxygens (including phenoxy) is 1. The van der Waals surface area contributed by atoms with Gasteiger partial charge in [-0.3, -0.25) is 4.79 Å². The third kappa shape index (κ3) is 5.92. The maximum absolute atomic E-state index is 12.6. The molecule has 1 aliphatic heterocycles. The number of aryl methyl sites for hydroxylation is 1. The van der Waals surface area contributed by atoms with Crippen molar-refractivity contribution in [2.45, 2.75) is 33.2 Å². The van der Waals surface area contributed by atoms with Gasteiger partial charge in [-0.15, -0.1) is 24.8 Å². The van der Waals surface area contributed by atoms with Gasteiger partial charge >= 0.3 is 0 Å². The number of nitrogens with one attached hydrogen (secondary N) is 2. The van der Waals surface area contributed by atoms with E-state index in [0.717, 1.165) is 38.3 Å². The molecule has 0 bridgehead atoms. The number of hydrogen-bond acceptors (Lipinski definition) is 4. The van der Waals surface area contributed by atoms with E-state index in [9.17, 15) is 4.79 Å². The Morgan fingerprint density at radius 3 is 2.67 bits per heavy atom. The second-order valence-electron chi connectivity index (χ2n) is 6.41. The van der Waals surface area contributed by atoms with Crippen LogP contribution in [0.2, 0.25) is 0 Å². The van der Waals surface area contributed by atoms with Gasteiger partial charge < -0.3 is 19.9 Å². The zero-order chi connectivity index (χ0) is 16.0. The fraction of sp³-hybridized carbons (Fsp3) is 0.750. The second kappa shape index (κ2) is 10.9. The summed E-state index contributed by atoms with van der Waals surface area (Å²) >= 11 is 0. The lowest BCUT2D eigenvalue weighted by Gasteiger charge is -2.35. The molecule has 1 saturated heterocycles. The lowest BCUT2D eigenvalue weighted by Crippen LogP contribution is -2.50. The van der Waals surface area contributed by atoms with E-state index >= 15 is 0 Å². The Hall–Kier alpha value is -0.820. The maximum atomic E-state index is 12.6. The molecule has 140 valence electrons. The predicted molar refractivity (Wildman–Crippen MR) is 100 cm³/mol. The van der Waals surface area contributed by atoms with E-state index < -0.39 is 0 Å². The first kappa shape index (κ1) is 23.2. The molecular formula is C16H30Cl2N4O2. The van der Waals surface area contributed by atoms with Crippen molar-refractivity contribution < 1.29 is 9.53 Å². The molecule has 1 atom stereocenters. The number of imidazole rings is 1. The number of halogens is 2. The number of rotatable bonds is 7. The van der Waals surface area contributed by atoms with Crippen LogP contribution in [0.25, 0.3) is 0 Å². The van der Waals surface area contributed by atoms with Crippen LogP contribution in [-0.2, 0) is 16.1 Å². The van der Waals surface area contributed by atoms with E-state index in [1.165, 1.54) is 0 Å². The van der Waals surface area contributed by atoms with Gasteiger partial charge in [0.05, 0.1) is 12.0 Å². The molecule has 1 fully saturated rings. The van der Waals surface area contributed by atoms with Gasteiger partial charge in [-0.05, 0) is 38.8 Å². The van der Waals surface area contributed by atoms with Crippen LogP contribution in [0.5, 0.6) is 0 Å². The molecule has 1 amide bonds. The SMILES string of the molecule is COCC1(C(=O)NCC(C)Cn2ccnc2C)CCNCC1.Cl.Cl. The van der Waals surface area contributed by atoms with Crippen LogP contribution < -0.4 is 10.6 Å². The highest BCUT2D eigenvalue weighted by atomic mass is 35.5. The zero-order valence-corrected chi connectivity index (χ0v) is 16.3. The van der Waals surface area contributed by atoms with E-state index in [4.69, 9.17) is 4.74 Å². The average Bonchev–Trinajstić information content (AvgIpc) is 2.91. The Bertz CT molecular complexity index is 485. The van der Waals surface area contributed by atoms with E-state index in [1.54, 1.807) is 7.11 Å². The summed E-state index contributed by atoms with van der Waals surface area (Å²) < 4.78 is 7.43. The van der Waals surface area contributed by atoms with Gasteiger partial charge in [0, 0.05) is 32.6 Å². The predicted octanol–water partition coefficient (Wildman–Crippen LogP) is 1.80. The first-order chi connectivity index (χ1) is 10.6. The van der Waals surface area contributed by atoms with Gasteiger partial charge in [-0.25, -0.2) is 4.98 Å². The zero-order valence-electron chi connectivity index (χ0n) is 14.7. The van der Waals surface area contributed by atoms with Gasteiger partial charge in [0.15, 0.2) is 0 Å².